The molecule has 0 amide bonds. The zero-order valence-electron chi connectivity index (χ0n) is 40.8. The molecule has 16 nitrogen and oxygen atoms in total. The molecule has 1 fully saturated rings. The highest BCUT2D eigenvalue weighted by Crippen LogP contribution is 2.44. The molecule has 66 heavy (non-hydrogen) atoms. The van der Waals surface area contributed by atoms with Gasteiger partial charge in [0.2, 0.25) is 0 Å². The predicted octanol–water partition coefficient (Wildman–Crippen LogP) is 9.92. The second-order valence-corrected chi connectivity index (χ2v) is 21.6. The van der Waals surface area contributed by atoms with Crippen LogP contribution in [0.3, 0.4) is 0 Å². The van der Waals surface area contributed by atoms with Gasteiger partial charge in [-0.05, 0) is 37.5 Å². The first-order valence-corrected chi connectivity index (χ1v) is 28.5. The van der Waals surface area contributed by atoms with E-state index < -0.39 is 84.5 Å². The average Bonchev–Trinajstić information content (AvgIpc) is 3.53. The first kappa shape index (κ1) is 62.8. The van der Waals surface area contributed by atoms with Gasteiger partial charge in [-0.15, -0.1) is 0 Å². The Balaban J connectivity index is 2.45. The molecule has 1 rings (SSSR count). The molecule has 0 saturated heterocycles. The van der Waals surface area contributed by atoms with E-state index in [9.17, 15) is 44.0 Å². The summed E-state index contributed by atoms with van der Waals surface area (Å²) in [5, 5.41) is 41.2. The van der Waals surface area contributed by atoms with Gasteiger partial charge in [-0.1, -0.05) is 174 Å². The lowest BCUT2D eigenvalue weighted by Crippen LogP contribution is -2.30. The summed E-state index contributed by atoms with van der Waals surface area (Å²) in [4.78, 5) is 53.1. The third kappa shape index (κ3) is 35.8. The second kappa shape index (κ2) is 38.5. The third-order valence-electron chi connectivity index (χ3n) is 12.2. The fraction of sp³-hybridized carbons (Fsp3) is 0.917. The van der Waals surface area contributed by atoms with Gasteiger partial charge in [0, 0.05) is 25.2 Å². The van der Waals surface area contributed by atoms with Crippen LogP contribution in [0.5, 0.6) is 0 Å². The van der Waals surface area contributed by atoms with E-state index in [1.54, 1.807) is 6.08 Å². The van der Waals surface area contributed by atoms with Crippen LogP contribution >= 0.6 is 15.6 Å². The number of unbranched alkanes of at least 4 members (excludes halogenated alkanes) is 20. The molecule has 1 aliphatic carbocycles. The smallest absolute Gasteiger partial charge is 0.462 e. The number of aliphatic hydroxyl groups excluding tert-OH is 4. The lowest BCUT2D eigenvalue weighted by Gasteiger charge is -2.21. The van der Waals surface area contributed by atoms with Crippen molar-refractivity contribution in [2.75, 3.05) is 26.4 Å². The summed E-state index contributed by atoms with van der Waals surface area (Å²) in [7, 11) is -9.75. The maximum absolute atomic E-state index is 12.8. The predicted molar refractivity (Wildman–Crippen MR) is 255 cm³/mol. The minimum Gasteiger partial charge on any atom is -0.462 e. The second-order valence-electron chi connectivity index (χ2n) is 18.9. The van der Waals surface area contributed by atoms with Crippen LogP contribution in [0.15, 0.2) is 12.2 Å². The first-order chi connectivity index (χ1) is 31.4. The quantitative estimate of drug-likeness (QED) is 0.0130. The Morgan fingerprint density at radius 2 is 1.09 bits per heavy atom. The normalized spacial score (nSPS) is 20.2. The van der Waals surface area contributed by atoms with E-state index in [0.29, 0.717) is 38.5 Å². The molecule has 1 unspecified atom stereocenters. The lowest BCUT2D eigenvalue weighted by atomic mass is 9.88. The summed E-state index contributed by atoms with van der Waals surface area (Å²) in [5.41, 5.74) is 0. The average molecular weight is 987 g/mol. The lowest BCUT2D eigenvalue weighted by molar-refractivity contribution is -0.161. The van der Waals surface area contributed by atoms with E-state index in [1.807, 2.05) is 6.08 Å². The molecule has 1 aliphatic rings. The summed E-state index contributed by atoms with van der Waals surface area (Å²) in [6.07, 6.45) is 26.9. The monoisotopic (exact) mass is 987 g/mol. The van der Waals surface area contributed by atoms with Crippen LogP contribution in [0.1, 0.15) is 207 Å². The summed E-state index contributed by atoms with van der Waals surface area (Å²) in [6, 6.07) is 0. The number of ether oxygens (including phenoxy) is 2. The Morgan fingerprint density at radius 3 is 1.64 bits per heavy atom. The molecule has 0 aromatic carbocycles. The Morgan fingerprint density at radius 1 is 0.606 bits per heavy atom. The number of hydrogen-bond acceptors (Lipinski definition) is 13. The fourth-order valence-corrected chi connectivity index (χ4v) is 9.43. The maximum Gasteiger partial charge on any atom is 0.472 e. The van der Waals surface area contributed by atoms with Crippen LogP contribution in [-0.4, -0.2) is 104 Å². The van der Waals surface area contributed by atoms with E-state index in [-0.39, 0.29) is 24.7 Å². The van der Waals surface area contributed by atoms with Gasteiger partial charge in [-0.3, -0.25) is 23.2 Å². The molecule has 1 saturated carbocycles. The van der Waals surface area contributed by atoms with Gasteiger partial charge in [0.15, 0.2) is 6.10 Å². The molecule has 0 spiro atoms. The highest BCUT2D eigenvalue weighted by molar-refractivity contribution is 7.47. The molecule has 0 aliphatic heterocycles. The summed E-state index contributed by atoms with van der Waals surface area (Å²) in [5.74, 6) is -0.706. The van der Waals surface area contributed by atoms with Crippen LogP contribution in [0.25, 0.3) is 0 Å². The van der Waals surface area contributed by atoms with Crippen molar-refractivity contribution in [3.8, 4) is 0 Å². The number of aliphatic hydroxyl groups is 4. The Labute approximate surface area is 397 Å². The molecule has 0 bridgehead atoms. The molecular weight excluding hydrogens is 894 g/mol. The van der Waals surface area contributed by atoms with Crippen molar-refractivity contribution >= 4 is 27.6 Å². The van der Waals surface area contributed by atoms with Gasteiger partial charge >= 0.3 is 27.6 Å². The highest BCUT2D eigenvalue weighted by atomic mass is 31.2. The molecule has 18 heteroatoms. The summed E-state index contributed by atoms with van der Waals surface area (Å²) < 4.78 is 48.0. The van der Waals surface area contributed by atoms with Crippen molar-refractivity contribution in [3.63, 3.8) is 0 Å². The topological polar surface area (TPSA) is 256 Å². The zero-order valence-corrected chi connectivity index (χ0v) is 42.6. The minimum absolute atomic E-state index is 0.0720. The molecular formula is C48H92O16P2. The molecule has 390 valence electrons. The number of rotatable bonds is 44. The van der Waals surface area contributed by atoms with Gasteiger partial charge in [0.1, 0.15) is 12.7 Å². The van der Waals surface area contributed by atoms with Crippen molar-refractivity contribution in [1.29, 1.82) is 0 Å². The minimum atomic E-state index is -4.89. The fourth-order valence-electron chi connectivity index (χ4n) is 8.28. The Hall–Kier alpha value is -1.26. The SMILES string of the molecule is CCCCC[C@H](O)/C=C/[C@@H]1[C@@H](CCCCCCC(=O)OC[C@H](COP(=O)(O)OC[C@@H](O)COP(=O)(O)O)OC(=O)CCCCCCCCCCCCCCCCCCC(C)C)[C@@H](O)C[C@H]1O. The molecule has 0 aromatic rings. The van der Waals surface area contributed by atoms with E-state index in [0.717, 1.165) is 63.7 Å². The van der Waals surface area contributed by atoms with Crippen LogP contribution in [0, 0.1) is 17.8 Å². The molecule has 8 atom stereocenters. The number of phosphoric ester groups is 2. The molecule has 0 aromatic heterocycles. The Kier molecular flexibility index (Phi) is 36.6. The van der Waals surface area contributed by atoms with Crippen LogP contribution in [0.4, 0.5) is 0 Å². The highest BCUT2D eigenvalue weighted by Gasteiger charge is 2.39. The third-order valence-corrected chi connectivity index (χ3v) is 13.6. The first-order valence-electron chi connectivity index (χ1n) is 25.5. The number of hydrogen-bond donors (Lipinski definition) is 7. The summed E-state index contributed by atoms with van der Waals surface area (Å²) >= 11 is 0. The standard InChI is InChI=1S/C48H92O16P2/c1-4-5-22-28-40(49)32-33-44-43(45(51)34-46(44)52)29-24-20-21-25-30-47(53)60-37-42(38-63-66(58,59)62-36-41(50)35-61-65(55,56)57)64-48(54)31-26-19-17-15-13-11-9-7-6-8-10-12-14-16-18-23-27-39(2)3/h32-33,39-46,49-52H,4-31,34-38H2,1-3H3,(H,58,59)(H2,55,56,57)/b33-32+/t40-,41-,42+,43+,44+,45-,46+/m0/s1. The molecule has 7 N–H and O–H groups in total. The van der Waals surface area contributed by atoms with Gasteiger partial charge < -0.3 is 44.6 Å². The van der Waals surface area contributed by atoms with Gasteiger partial charge in [0.05, 0.1) is 38.1 Å². The van der Waals surface area contributed by atoms with Crippen molar-refractivity contribution in [1.82, 2.24) is 0 Å². The van der Waals surface area contributed by atoms with Crippen molar-refractivity contribution < 1.29 is 76.9 Å². The van der Waals surface area contributed by atoms with E-state index in [4.69, 9.17) is 28.3 Å². The van der Waals surface area contributed by atoms with Gasteiger partial charge in [0.25, 0.3) is 0 Å². The van der Waals surface area contributed by atoms with E-state index in [2.05, 4.69) is 25.3 Å². The van der Waals surface area contributed by atoms with Crippen molar-refractivity contribution in [2.24, 2.45) is 17.8 Å². The van der Waals surface area contributed by atoms with Crippen LogP contribution in [-0.2, 0) is 41.8 Å². The van der Waals surface area contributed by atoms with E-state index in [1.165, 1.54) is 77.0 Å². The van der Waals surface area contributed by atoms with Gasteiger partial charge in [-0.25, -0.2) is 9.13 Å². The number of esters is 2. The molecule has 0 radical (unpaired) electrons. The number of carbonyl (C=O) groups is 2. The summed E-state index contributed by atoms with van der Waals surface area (Å²) in [6.45, 7) is 3.80. The van der Waals surface area contributed by atoms with Crippen molar-refractivity contribution in [2.45, 2.75) is 237 Å². The van der Waals surface area contributed by atoms with Crippen LogP contribution in [0.2, 0.25) is 0 Å². The van der Waals surface area contributed by atoms with Gasteiger partial charge in [-0.2, -0.15) is 0 Å². The number of phosphoric acid groups is 2. The number of carbonyl (C=O) groups excluding carboxylic acids is 2. The van der Waals surface area contributed by atoms with Crippen molar-refractivity contribution in [3.05, 3.63) is 12.2 Å². The Bertz CT molecular complexity index is 1350. The largest absolute Gasteiger partial charge is 0.472 e. The van der Waals surface area contributed by atoms with Crippen LogP contribution < -0.4 is 0 Å². The maximum atomic E-state index is 12.8. The van der Waals surface area contributed by atoms with E-state index >= 15 is 0 Å². The zero-order chi connectivity index (χ0) is 49.1. The molecule has 0 heterocycles.